The zero-order valence-electron chi connectivity index (χ0n) is 14.2. The van der Waals surface area contributed by atoms with Crippen LogP contribution in [0.4, 0.5) is 14.5 Å². The van der Waals surface area contributed by atoms with Gasteiger partial charge in [-0.05, 0) is 18.6 Å². The molecule has 6 nitrogen and oxygen atoms in total. The van der Waals surface area contributed by atoms with Crippen LogP contribution < -0.4 is 4.90 Å². The number of piperidine rings is 1. The summed E-state index contributed by atoms with van der Waals surface area (Å²) in [5, 5.41) is 0. The van der Waals surface area contributed by atoms with Crippen molar-refractivity contribution in [3.63, 3.8) is 0 Å². The molecule has 0 radical (unpaired) electrons. The van der Waals surface area contributed by atoms with E-state index in [2.05, 4.69) is 15.0 Å². The number of amides is 1. The minimum Gasteiger partial charge on any atom is -0.369 e. The van der Waals surface area contributed by atoms with Crippen LogP contribution >= 0.6 is 0 Å². The molecule has 0 bridgehead atoms. The molecular formula is C18H19F2N5O. The van der Waals surface area contributed by atoms with Crippen molar-refractivity contribution in [3.8, 4) is 0 Å². The van der Waals surface area contributed by atoms with E-state index in [0.29, 0.717) is 13.0 Å². The first-order valence-corrected chi connectivity index (χ1v) is 8.59. The lowest BCUT2D eigenvalue weighted by molar-refractivity contribution is -0.150. The first kappa shape index (κ1) is 16.8. The molecule has 1 amide bonds. The number of nitrogens with zero attached hydrogens (tertiary/aromatic N) is 5. The van der Waals surface area contributed by atoms with Crippen molar-refractivity contribution in [2.75, 3.05) is 31.1 Å². The number of pyridine rings is 1. The van der Waals surface area contributed by atoms with Crippen LogP contribution in [0.3, 0.4) is 0 Å². The number of hydrogen-bond acceptors (Lipinski definition) is 5. The van der Waals surface area contributed by atoms with E-state index >= 15 is 0 Å². The summed E-state index contributed by atoms with van der Waals surface area (Å²) < 4.78 is 29.8. The molecule has 8 heteroatoms. The van der Waals surface area contributed by atoms with Crippen LogP contribution in [-0.2, 0) is 0 Å². The van der Waals surface area contributed by atoms with Crippen LogP contribution in [-0.4, -0.2) is 57.9 Å². The maximum atomic E-state index is 14.9. The first-order chi connectivity index (χ1) is 12.5. The number of carbonyl (C=O) groups excluding carboxylic acids is 1. The lowest BCUT2D eigenvalue weighted by Gasteiger charge is -2.45. The SMILES string of the molecule is O=C(c1cnccn1)N1CCC(F)(F)[C@@]2(CCN(c3cccnc3)C2)C1. The molecular weight excluding hydrogens is 340 g/mol. The smallest absolute Gasteiger partial charge is 0.274 e. The van der Waals surface area contributed by atoms with Crippen molar-refractivity contribution < 1.29 is 13.6 Å². The molecule has 2 saturated heterocycles. The highest BCUT2D eigenvalue weighted by Crippen LogP contribution is 2.50. The first-order valence-electron chi connectivity index (χ1n) is 8.59. The Hall–Kier alpha value is -2.64. The fourth-order valence-corrected chi connectivity index (χ4v) is 3.91. The third-order valence-corrected chi connectivity index (χ3v) is 5.40. The average molecular weight is 359 g/mol. The summed E-state index contributed by atoms with van der Waals surface area (Å²) in [6.45, 7) is 0.771. The van der Waals surface area contributed by atoms with Crippen LogP contribution in [0.25, 0.3) is 0 Å². The van der Waals surface area contributed by atoms with E-state index in [0.717, 1.165) is 5.69 Å². The summed E-state index contributed by atoms with van der Waals surface area (Å²) in [6, 6.07) is 3.67. The summed E-state index contributed by atoms with van der Waals surface area (Å²) in [6.07, 6.45) is 7.62. The fraction of sp³-hybridized carbons (Fsp3) is 0.444. The normalized spacial score (nSPS) is 24.8. The van der Waals surface area contributed by atoms with E-state index in [-0.39, 0.29) is 37.7 Å². The number of hydrogen-bond donors (Lipinski definition) is 0. The molecule has 2 aliphatic rings. The van der Waals surface area contributed by atoms with E-state index in [1.807, 2.05) is 11.0 Å². The van der Waals surface area contributed by atoms with Gasteiger partial charge in [0.05, 0.1) is 23.5 Å². The Morgan fingerprint density at radius 3 is 2.62 bits per heavy atom. The lowest BCUT2D eigenvalue weighted by atomic mass is 9.75. The second kappa shape index (κ2) is 6.26. The van der Waals surface area contributed by atoms with Crippen LogP contribution in [0.2, 0.25) is 0 Å². The summed E-state index contributed by atoms with van der Waals surface area (Å²) in [5.41, 5.74) is -0.230. The number of halogens is 2. The molecule has 4 heterocycles. The van der Waals surface area contributed by atoms with Gasteiger partial charge in [-0.15, -0.1) is 0 Å². The van der Waals surface area contributed by atoms with Crippen molar-refractivity contribution >= 4 is 11.6 Å². The van der Waals surface area contributed by atoms with Crippen molar-refractivity contribution in [1.29, 1.82) is 0 Å². The number of rotatable bonds is 2. The summed E-state index contributed by atoms with van der Waals surface area (Å²) in [5.74, 6) is -3.16. The minimum atomic E-state index is -2.82. The van der Waals surface area contributed by atoms with E-state index in [9.17, 15) is 13.6 Å². The molecule has 2 fully saturated rings. The monoisotopic (exact) mass is 359 g/mol. The molecule has 0 aliphatic carbocycles. The van der Waals surface area contributed by atoms with E-state index in [4.69, 9.17) is 0 Å². The molecule has 136 valence electrons. The van der Waals surface area contributed by atoms with Crippen molar-refractivity contribution in [3.05, 3.63) is 48.8 Å². The number of alkyl halides is 2. The zero-order valence-corrected chi connectivity index (χ0v) is 14.2. The molecule has 4 rings (SSSR count). The predicted molar refractivity (Wildman–Crippen MR) is 91.0 cm³/mol. The number of anilines is 1. The third kappa shape index (κ3) is 2.79. The highest BCUT2D eigenvalue weighted by atomic mass is 19.3. The van der Waals surface area contributed by atoms with Crippen molar-refractivity contribution in [1.82, 2.24) is 19.9 Å². The topological polar surface area (TPSA) is 62.2 Å². The van der Waals surface area contributed by atoms with Gasteiger partial charge in [0.25, 0.3) is 11.8 Å². The van der Waals surface area contributed by atoms with Gasteiger partial charge < -0.3 is 9.80 Å². The molecule has 1 atom stereocenters. The van der Waals surface area contributed by atoms with E-state index < -0.39 is 11.3 Å². The molecule has 0 N–H and O–H groups in total. The molecule has 0 saturated carbocycles. The van der Waals surface area contributed by atoms with Gasteiger partial charge in [0.2, 0.25) is 0 Å². The molecule has 1 spiro atoms. The standard InChI is InChI=1S/C18H19F2N5O/c19-18(20)4-9-25(16(26)15-11-22-6-7-23-15)13-17(18)3-8-24(12-17)14-2-1-5-21-10-14/h1-2,5-7,10-11H,3-4,8-9,12-13H2/t17-/m1/s1. The minimum absolute atomic E-state index is 0.0200. The van der Waals surface area contributed by atoms with Crippen molar-refractivity contribution in [2.24, 2.45) is 5.41 Å². The molecule has 2 aromatic rings. The van der Waals surface area contributed by atoms with Gasteiger partial charge in [-0.3, -0.25) is 14.8 Å². The van der Waals surface area contributed by atoms with Crippen LogP contribution in [0.5, 0.6) is 0 Å². The maximum Gasteiger partial charge on any atom is 0.274 e. The Morgan fingerprint density at radius 2 is 1.88 bits per heavy atom. The molecule has 0 aromatic carbocycles. The second-order valence-corrected chi connectivity index (χ2v) is 6.93. The van der Waals surface area contributed by atoms with Crippen LogP contribution in [0.15, 0.2) is 43.1 Å². The number of aromatic nitrogens is 3. The molecule has 0 unspecified atom stereocenters. The Kier molecular flexibility index (Phi) is 4.05. The molecule has 2 aromatic heterocycles. The number of carbonyl (C=O) groups is 1. The predicted octanol–water partition coefficient (Wildman–Crippen LogP) is 2.25. The van der Waals surface area contributed by atoms with Gasteiger partial charge in [-0.2, -0.15) is 0 Å². The molecule has 26 heavy (non-hydrogen) atoms. The Bertz CT molecular complexity index is 789. The van der Waals surface area contributed by atoms with Gasteiger partial charge in [0.15, 0.2) is 0 Å². The summed E-state index contributed by atoms with van der Waals surface area (Å²) in [4.78, 5) is 28.1. The van der Waals surface area contributed by atoms with E-state index in [1.165, 1.54) is 23.5 Å². The summed E-state index contributed by atoms with van der Waals surface area (Å²) in [7, 11) is 0. The molecule has 2 aliphatic heterocycles. The van der Waals surface area contributed by atoms with Crippen LogP contribution in [0.1, 0.15) is 23.3 Å². The quantitative estimate of drug-likeness (QED) is 0.823. The van der Waals surface area contributed by atoms with Crippen LogP contribution in [0, 0.1) is 5.41 Å². The third-order valence-electron chi connectivity index (χ3n) is 5.40. The average Bonchev–Trinajstić information content (AvgIpc) is 3.11. The van der Waals surface area contributed by atoms with E-state index in [1.54, 1.807) is 18.5 Å². The van der Waals surface area contributed by atoms with Gasteiger partial charge in [-0.25, -0.2) is 13.8 Å². The van der Waals surface area contributed by atoms with Gasteiger partial charge >= 0.3 is 0 Å². The Labute approximate surface area is 149 Å². The zero-order chi connectivity index (χ0) is 18.2. The highest BCUT2D eigenvalue weighted by Gasteiger charge is 2.60. The van der Waals surface area contributed by atoms with Gasteiger partial charge in [0.1, 0.15) is 5.69 Å². The van der Waals surface area contributed by atoms with Gasteiger partial charge in [0, 0.05) is 51.2 Å². The number of likely N-dealkylation sites (tertiary alicyclic amines) is 1. The maximum absolute atomic E-state index is 14.9. The Balaban J connectivity index is 1.57. The highest BCUT2D eigenvalue weighted by molar-refractivity contribution is 5.92. The van der Waals surface area contributed by atoms with Crippen molar-refractivity contribution in [2.45, 2.75) is 18.8 Å². The van der Waals surface area contributed by atoms with Gasteiger partial charge in [-0.1, -0.05) is 0 Å². The Morgan fingerprint density at radius 1 is 1.04 bits per heavy atom. The lowest BCUT2D eigenvalue weighted by Crippen LogP contribution is -2.58. The fourth-order valence-electron chi connectivity index (χ4n) is 3.91. The largest absolute Gasteiger partial charge is 0.369 e. The second-order valence-electron chi connectivity index (χ2n) is 6.93. The summed E-state index contributed by atoms with van der Waals surface area (Å²) >= 11 is 0.